The van der Waals surface area contributed by atoms with E-state index in [4.69, 9.17) is 5.11 Å². The molecule has 26 heavy (non-hydrogen) atoms. The zero-order chi connectivity index (χ0) is 18.7. The number of anilines is 1. The molecule has 3 rings (SSSR count). The third-order valence-corrected chi connectivity index (χ3v) is 5.44. The maximum Gasteiger partial charge on any atom is 0.263 e. The maximum absolute atomic E-state index is 12.6. The molecule has 0 bridgehead atoms. The van der Waals surface area contributed by atoms with Gasteiger partial charge in [-0.2, -0.15) is 0 Å². The van der Waals surface area contributed by atoms with Gasteiger partial charge in [-0.3, -0.25) is 4.72 Å². The lowest BCUT2D eigenvalue weighted by Crippen LogP contribution is -2.14. The van der Waals surface area contributed by atoms with E-state index in [-0.39, 0.29) is 11.5 Å². The highest BCUT2D eigenvalue weighted by atomic mass is 32.2. The van der Waals surface area contributed by atoms with Crippen molar-refractivity contribution in [1.82, 2.24) is 4.98 Å². The molecule has 5 nitrogen and oxygen atoms in total. The number of sulfonamides is 1. The molecule has 0 amide bonds. The Morgan fingerprint density at radius 2 is 1.73 bits per heavy atom. The van der Waals surface area contributed by atoms with Crippen LogP contribution in [0.3, 0.4) is 0 Å². The van der Waals surface area contributed by atoms with Crippen molar-refractivity contribution in [2.75, 3.05) is 4.72 Å². The highest BCUT2D eigenvalue weighted by Crippen LogP contribution is 2.27. The van der Waals surface area contributed by atoms with Crippen LogP contribution < -0.4 is 4.72 Å². The van der Waals surface area contributed by atoms with Gasteiger partial charge in [-0.15, -0.1) is 0 Å². The number of hydrogen-bond acceptors (Lipinski definition) is 4. The molecule has 0 atom stereocenters. The minimum atomic E-state index is -3.71. The summed E-state index contributed by atoms with van der Waals surface area (Å²) in [5.74, 6) is 0.298. The second-order valence-corrected chi connectivity index (χ2v) is 7.78. The SMILES string of the molecule is Cc1cccc(NS(=O)(=O)c2ccc(-c3ccc(CO)cc3)c(C)c2)n1. The molecule has 2 N–H and O–H groups in total. The number of pyridine rings is 1. The van der Waals surface area contributed by atoms with Gasteiger partial charge in [0.1, 0.15) is 5.82 Å². The van der Waals surface area contributed by atoms with Gasteiger partial charge in [0.25, 0.3) is 10.0 Å². The first-order chi connectivity index (χ1) is 12.4. The number of nitrogens with one attached hydrogen (secondary N) is 1. The van der Waals surface area contributed by atoms with Gasteiger partial charge >= 0.3 is 0 Å². The van der Waals surface area contributed by atoms with Crippen LogP contribution in [0.5, 0.6) is 0 Å². The number of rotatable bonds is 5. The fourth-order valence-corrected chi connectivity index (χ4v) is 3.80. The van der Waals surface area contributed by atoms with Gasteiger partial charge in [-0.1, -0.05) is 36.4 Å². The van der Waals surface area contributed by atoms with E-state index in [2.05, 4.69) is 9.71 Å². The Hall–Kier alpha value is -2.70. The molecule has 0 saturated heterocycles. The van der Waals surface area contributed by atoms with E-state index in [0.29, 0.717) is 5.82 Å². The Balaban J connectivity index is 1.90. The summed E-state index contributed by atoms with van der Waals surface area (Å²) in [4.78, 5) is 4.37. The van der Waals surface area contributed by atoms with Gasteiger partial charge in [0, 0.05) is 5.69 Å². The molecule has 0 radical (unpaired) electrons. The second kappa shape index (κ2) is 7.27. The lowest BCUT2D eigenvalue weighted by molar-refractivity contribution is 0.282. The zero-order valence-electron chi connectivity index (χ0n) is 14.6. The van der Waals surface area contributed by atoms with E-state index in [1.54, 1.807) is 43.3 Å². The molecule has 0 aliphatic carbocycles. The van der Waals surface area contributed by atoms with Crippen molar-refractivity contribution in [3.8, 4) is 11.1 Å². The minimum Gasteiger partial charge on any atom is -0.392 e. The summed E-state index contributed by atoms with van der Waals surface area (Å²) in [6.45, 7) is 3.67. The van der Waals surface area contributed by atoms with Crippen LogP contribution in [0.15, 0.2) is 65.6 Å². The summed E-state index contributed by atoms with van der Waals surface area (Å²) in [5.41, 5.74) is 4.34. The van der Waals surface area contributed by atoms with Gasteiger partial charge in [0.2, 0.25) is 0 Å². The van der Waals surface area contributed by atoms with Gasteiger partial charge in [0.15, 0.2) is 0 Å². The second-order valence-electron chi connectivity index (χ2n) is 6.10. The summed E-state index contributed by atoms with van der Waals surface area (Å²) >= 11 is 0. The zero-order valence-corrected chi connectivity index (χ0v) is 15.4. The summed E-state index contributed by atoms with van der Waals surface area (Å²) < 4.78 is 27.7. The molecule has 2 aromatic carbocycles. The van der Waals surface area contributed by atoms with Crippen molar-refractivity contribution in [1.29, 1.82) is 0 Å². The first-order valence-corrected chi connectivity index (χ1v) is 9.65. The molecule has 0 aliphatic rings. The van der Waals surface area contributed by atoms with Crippen LogP contribution in [0.25, 0.3) is 11.1 Å². The monoisotopic (exact) mass is 368 g/mol. The van der Waals surface area contributed by atoms with E-state index in [1.165, 1.54) is 0 Å². The van der Waals surface area contributed by atoms with E-state index < -0.39 is 10.0 Å². The summed E-state index contributed by atoms with van der Waals surface area (Å²) in [6.07, 6.45) is 0. The number of aromatic nitrogens is 1. The van der Waals surface area contributed by atoms with Gasteiger partial charge in [0.05, 0.1) is 11.5 Å². The Morgan fingerprint density at radius 1 is 1.00 bits per heavy atom. The smallest absolute Gasteiger partial charge is 0.263 e. The van der Waals surface area contributed by atoms with Crippen LogP contribution >= 0.6 is 0 Å². The van der Waals surface area contributed by atoms with Gasteiger partial charge in [-0.25, -0.2) is 13.4 Å². The third kappa shape index (κ3) is 3.92. The van der Waals surface area contributed by atoms with Crippen LogP contribution in [0.2, 0.25) is 0 Å². The average Bonchev–Trinajstić information content (AvgIpc) is 2.61. The Labute approximate surface area is 153 Å². The Kier molecular flexibility index (Phi) is 5.06. The van der Waals surface area contributed by atoms with Crippen molar-refractivity contribution in [2.24, 2.45) is 0 Å². The van der Waals surface area contributed by atoms with Crippen LogP contribution in [-0.4, -0.2) is 18.5 Å². The van der Waals surface area contributed by atoms with E-state index >= 15 is 0 Å². The highest BCUT2D eigenvalue weighted by molar-refractivity contribution is 7.92. The van der Waals surface area contributed by atoms with Crippen molar-refractivity contribution in [3.63, 3.8) is 0 Å². The molecule has 0 fully saturated rings. The van der Waals surface area contributed by atoms with Crippen molar-refractivity contribution >= 4 is 15.8 Å². The van der Waals surface area contributed by atoms with Gasteiger partial charge in [-0.05, 0) is 60.4 Å². The standard InChI is InChI=1S/C20H20N2O3S/c1-14-12-18(26(24,25)22-20-5-3-4-15(2)21-20)10-11-19(14)17-8-6-16(13-23)7-9-17/h3-12,23H,13H2,1-2H3,(H,21,22). The highest BCUT2D eigenvalue weighted by Gasteiger charge is 2.16. The largest absolute Gasteiger partial charge is 0.392 e. The lowest BCUT2D eigenvalue weighted by atomic mass is 10.00. The number of benzene rings is 2. The summed E-state index contributed by atoms with van der Waals surface area (Å²) in [5, 5.41) is 9.14. The Bertz CT molecular complexity index is 1030. The summed E-state index contributed by atoms with van der Waals surface area (Å²) in [6, 6.07) is 17.7. The number of nitrogens with zero attached hydrogens (tertiary/aromatic N) is 1. The normalized spacial score (nSPS) is 11.3. The molecule has 6 heteroatoms. The van der Waals surface area contributed by atoms with Crippen LogP contribution in [0.1, 0.15) is 16.8 Å². The molecule has 0 saturated carbocycles. The van der Waals surface area contributed by atoms with Gasteiger partial charge < -0.3 is 5.11 Å². The van der Waals surface area contributed by atoms with E-state index in [9.17, 15) is 8.42 Å². The minimum absolute atomic E-state index is 0.00485. The third-order valence-electron chi connectivity index (χ3n) is 4.08. The predicted molar refractivity (Wildman–Crippen MR) is 102 cm³/mol. The molecule has 0 unspecified atom stereocenters. The summed E-state index contributed by atoms with van der Waals surface area (Å²) in [7, 11) is -3.71. The molecular weight excluding hydrogens is 348 g/mol. The van der Waals surface area contributed by atoms with E-state index in [0.717, 1.165) is 27.9 Å². The van der Waals surface area contributed by atoms with Crippen molar-refractivity contribution in [3.05, 3.63) is 77.5 Å². The van der Waals surface area contributed by atoms with Crippen molar-refractivity contribution < 1.29 is 13.5 Å². The number of aliphatic hydroxyl groups excluding tert-OH is 1. The first-order valence-electron chi connectivity index (χ1n) is 8.16. The average molecular weight is 368 g/mol. The molecule has 1 heterocycles. The Morgan fingerprint density at radius 3 is 2.35 bits per heavy atom. The molecule has 0 aliphatic heterocycles. The number of aryl methyl sites for hydroxylation is 2. The van der Waals surface area contributed by atoms with E-state index in [1.807, 2.05) is 31.2 Å². The van der Waals surface area contributed by atoms with Crippen LogP contribution in [0, 0.1) is 13.8 Å². The molecule has 1 aromatic heterocycles. The quantitative estimate of drug-likeness (QED) is 0.720. The van der Waals surface area contributed by atoms with Crippen LogP contribution in [0.4, 0.5) is 5.82 Å². The fourth-order valence-electron chi connectivity index (χ4n) is 2.71. The molecule has 0 spiro atoms. The first kappa shape index (κ1) is 18.1. The number of hydrogen-bond donors (Lipinski definition) is 2. The van der Waals surface area contributed by atoms with Crippen LogP contribution in [-0.2, 0) is 16.6 Å². The number of aliphatic hydroxyl groups is 1. The molecule has 3 aromatic rings. The lowest BCUT2D eigenvalue weighted by Gasteiger charge is -2.11. The maximum atomic E-state index is 12.6. The molecule has 134 valence electrons. The fraction of sp³-hybridized carbons (Fsp3) is 0.150. The van der Waals surface area contributed by atoms with Crippen molar-refractivity contribution in [2.45, 2.75) is 25.3 Å². The molecular formula is C20H20N2O3S. The predicted octanol–water partition coefficient (Wildman–Crippen LogP) is 3.66. The topological polar surface area (TPSA) is 79.3 Å².